The van der Waals surface area contributed by atoms with Crippen LogP contribution in [0.2, 0.25) is 0 Å². The number of hydrogen-bond donors (Lipinski definition) is 0. The number of hydrogen-bond acceptors (Lipinski definition) is 4. The van der Waals surface area contributed by atoms with Gasteiger partial charge in [0.05, 0.1) is 5.56 Å². The maximum Gasteiger partial charge on any atom is 0.416 e. The van der Waals surface area contributed by atoms with Gasteiger partial charge in [0, 0.05) is 12.1 Å². The topological polar surface area (TPSA) is 59.2 Å². The summed E-state index contributed by atoms with van der Waals surface area (Å²) in [5.41, 5.74) is 0.548. The van der Waals surface area contributed by atoms with E-state index in [2.05, 4.69) is 9.97 Å². The van der Waals surface area contributed by atoms with Gasteiger partial charge in [0.15, 0.2) is 5.58 Å². The van der Waals surface area contributed by atoms with Crippen molar-refractivity contribution in [1.82, 2.24) is 9.97 Å². The van der Waals surface area contributed by atoms with Crippen LogP contribution in [0.1, 0.15) is 36.0 Å². The van der Waals surface area contributed by atoms with Crippen molar-refractivity contribution in [2.24, 2.45) is 0 Å². The van der Waals surface area contributed by atoms with E-state index in [4.69, 9.17) is 4.42 Å². The molecule has 0 saturated carbocycles. The van der Waals surface area contributed by atoms with Crippen LogP contribution in [-0.4, -0.2) is 15.9 Å². The van der Waals surface area contributed by atoms with E-state index in [1.165, 1.54) is 11.8 Å². The summed E-state index contributed by atoms with van der Waals surface area (Å²) < 4.78 is 45.1. The fourth-order valence-corrected chi connectivity index (χ4v) is 3.18. The standard InChI is InChI=1S/C18H14F3N3O2/c1-10-8-11(18(19,20)21)9-15(22-10)24-13(6-7-16(24)25)17-23-12-4-2-3-5-14(12)26-17/h2-5,8-9,13H,6-7H2,1H3/t13-/m0/s1. The van der Waals surface area contributed by atoms with Crippen LogP contribution >= 0.6 is 0 Å². The number of halogens is 3. The molecule has 2 aromatic heterocycles. The van der Waals surface area contributed by atoms with Gasteiger partial charge in [-0.05, 0) is 37.6 Å². The molecular weight excluding hydrogens is 347 g/mol. The average Bonchev–Trinajstić information content (AvgIpc) is 3.16. The first kappa shape index (κ1) is 16.6. The second-order valence-electron chi connectivity index (χ2n) is 6.19. The van der Waals surface area contributed by atoms with Gasteiger partial charge in [0.1, 0.15) is 17.4 Å². The molecule has 1 aromatic carbocycles. The highest BCUT2D eigenvalue weighted by Gasteiger charge is 2.39. The number of amides is 1. The van der Waals surface area contributed by atoms with Crippen LogP contribution in [0.5, 0.6) is 0 Å². The highest BCUT2D eigenvalue weighted by molar-refractivity contribution is 5.95. The molecule has 0 N–H and O–H groups in total. The number of carbonyl (C=O) groups is 1. The first-order valence-corrected chi connectivity index (χ1v) is 8.06. The van der Waals surface area contributed by atoms with Crippen molar-refractivity contribution < 1.29 is 22.4 Å². The molecule has 0 unspecified atom stereocenters. The molecule has 26 heavy (non-hydrogen) atoms. The quantitative estimate of drug-likeness (QED) is 0.678. The molecule has 0 aliphatic carbocycles. The van der Waals surface area contributed by atoms with Gasteiger partial charge in [0.2, 0.25) is 11.8 Å². The SMILES string of the molecule is Cc1cc(C(F)(F)F)cc(N2C(=O)CC[C@H]2c2nc3ccccc3o2)n1. The summed E-state index contributed by atoms with van der Waals surface area (Å²) in [5.74, 6) is -0.0375. The van der Waals surface area contributed by atoms with E-state index in [0.717, 1.165) is 12.1 Å². The van der Waals surface area contributed by atoms with Crippen molar-refractivity contribution in [2.75, 3.05) is 4.90 Å². The maximum atomic E-state index is 13.1. The van der Waals surface area contributed by atoms with Gasteiger partial charge in [-0.1, -0.05) is 12.1 Å². The van der Waals surface area contributed by atoms with Crippen LogP contribution < -0.4 is 4.90 Å². The minimum Gasteiger partial charge on any atom is -0.438 e. The number of aryl methyl sites for hydroxylation is 1. The summed E-state index contributed by atoms with van der Waals surface area (Å²) in [7, 11) is 0. The highest BCUT2D eigenvalue weighted by atomic mass is 19.4. The summed E-state index contributed by atoms with van der Waals surface area (Å²) in [6.45, 7) is 1.47. The van der Waals surface area contributed by atoms with E-state index in [9.17, 15) is 18.0 Å². The Morgan fingerprint density at radius 3 is 2.69 bits per heavy atom. The zero-order chi connectivity index (χ0) is 18.5. The summed E-state index contributed by atoms with van der Waals surface area (Å²) >= 11 is 0. The lowest BCUT2D eigenvalue weighted by molar-refractivity contribution is -0.137. The number of nitrogens with zero attached hydrogens (tertiary/aromatic N) is 3. The smallest absolute Gasteiger partial charge is 0.416 e. The van der Waals surface area contributed by atoms with Crippen LogP contribution in [0.15, 0.2) is 40.8 Å². The third kappa shape index (κ3) is 2.81. The summed E-state index contributed by atoms with van der Waals surface area (Å²) in [6.07, 6.45) is -3.92. The zero-order valence-electron chi connectivity index (χ0n) is 13.7. The second-order valence-corrected chi connectivity index (χ2v) is 6.19. The number of pyridine rings is 1. The van der Waals surface area contributed by atoms with E-state index < -0.39 is 17.8 Å². The molecule has 134 valence electrons. The van der Waals surface area contributed by atoms with Gasteiger partial charge < -0.3 is 4.42 Å². The number of rotatable bonds is 2. The second kappa shape index (κ2) is 5.82. The van der Waals surface area contributed by atoms with Crippen LogP contribution in [0.3, 0.4) is 0 Å². The largest absolute Gasteiger partial charge is 0.438 e. The Morgan fingerprint density at radius 1 is 1.19 bits per heavy atom. The van der Waals surface area contributed by atoms with Crippen molar-refractivity contribution >= 4 is 22.8 Å². The van der Waals surface area contributed by atoms with Gasteiger partial charge in [-0.15, -0.1) is 0 Å². The monoisotopic (exact) mass is 361 g/mol. The Bertz CT molecular complexity index is 964. The van der Waals surface area contributed by atoms with E-state index in [1.54, 1.807) is 18.2 Å². The van der Waals surface area contributed by atoms with Crippen molar-refractivity contribution in [2.45, 2.75) is 32.0 Å². The lowest BCUT2D eigenvalue weighted by Gasteiger charge is -2.22. The van der Waals surface area contributed by atoms with E-state index >= 15 is 0 Å². The first-order chi connectivity index (χ1) is 12.3. The molecule has 3 heterocycles. The Hall–Kier alpha value is -2.90. The number of benzene rings is 1. The Labute approximate surface area is 146 Å². The average molecular weight is 361 g/mol. The van der Waals surface area contributed by atoms with Crippen LogP contribution in [0.4, 0.5) is 19.0 Å². The third-order valence-electron chi connectivity index (χ3n) is 4.32. The lowest BCUT2D eigenvalue weighted by atomic mass is 10.2. The fraction of sp³-hybridized carbons (Fsp3) is 0.278. The van der Waals surface area contributed by atoms with Gasteiger partial charge >= 0.3 is 6.18 Å². The normalized spacial score (nSPS) is 18.1. The van der Waals surface area contributed by atoms with Crippen LogP contribution in [-0.2, 0) is 11.0 Å². The Balaban J connectivity index is 1.79. The number of para-hydroxylation sites is 2. The molecule has 1 amide bonds. The van der Waals surface area contributed by atoms with Crippen LogP contribution in [0.25, 0.3) is 11.1 Å². The van der Waals surface area contributed by atoms with E-state index in [-0.39, 0.29) is 23.8 Å². The number of carbonyl (C=O) groups excluding carboxylic acids is 1. The molecular formula is C18H14F3N3O2. The number of aromatic nitrogens is 2. The number of fused-ring (bicyclic) bond motifs is 1. The van der Waals surface area contributed by atoms with Crippen molar-refractivity contribution in [3.05, 3.63) is 53.5 Å². The molecule has 1 saturated heterocycles. The molecule has 0 radical (unpaired) electrons. The van der Waals surface area contributed by atoms with Gasteiger partial charge in [-0.3, -0.25) is 9.69 Å². The predicted molar refractivity (Wildman–Crippen MR) is 87.4 cm³/mol. The molecule has 4 rings (SSSR count). The predicted octanol–water partition coefficient (Wildman–Crippen LogP) is 4.42. The number of anilines is 1. The highest BCUT2D eigenvalue weighted by Crippen LogP contribution is 2.39. The molecule has 0 bridgehead atoms. The Morgan fingerprint density at radius 2 is 1.96 bits per heavy atom. The molecule has 1 atom stereocenters. The molecule has 8 heteroatoms. The minimum atomic E-state index is -4.52. The first-order valence-electron chi connectivity index (χ1n) is 8.06. The summed E-state index contributed by atoms with van der Waals surface area (Å²) in [4.78, 5) is 22.2. The lowest BCUT2D eigenvalue weighted by Crippen LogP contribution is -2.29. The van der Waals surface area contributed by atoms with E-state index in [1.807, 2.05) is 6.07 Å². The molecule has 1 fully saturated rings. The fourth-order valence-electron chi connectivity index (χ4n) is 3.18. The molecule has 1 aliphatic heterocycles. The maximum absolute atomic E-state index is 13.1. The molecule has 1 aliphatic rings. The van der Waals surface area contributed by atoms with Crippen molar-refractivity contribution in [3.8, 4) is 0 Å². The summed E-state index contributed by atoms with van der Waals surface area (Å²) in [5, 5.41) is 0. The number of alkyl halides is 3. The van der Waals surface area contributed by atoms with Crippen molar-refractivity contribution in [1.29, 1.82) is 0 Å². The zero-order valence-corrected chi connectivity index (χ0v) is 13.7. The third-order valence-corrected chi connectivity index (χ3v) is 4.32. The summed E-state index contributed by atoms with van der Waals surface area (Å²) in [6, 6.07) is 8.40. The van der Waals surface area contributed by atoms with Crippen molar-refractivity contribution in [3.63, 3.8) is 0 Å². The number of oxazole rings is 1. The van der Waals surface area contributed by atoms with Gasteiger partial charge in [-0.25, -0.2) is 9.97 Å². The molecule has 0 spiro atoms. The van der Waals surface area contributed by atoms with Gasteiger partial charge in [-0.2, -0.15) is 13.2 Å². The molecule has 5 nitrogen and oxygen atoms in total. The Kier molecular flexibility index (Phi) is 3.71. The van der Waals surface area contributed by atoms with Gasteiger partial charge in [0.25, 0.3) is 0 Å². The molecule has 3 aromatic rings. The van der Waals surface area contributed by atoms with E-state index in [0.29, 0.717) is 23.4 Å². The minimum absolute atomic E-state index is 0.0351. The van der Waals surface area contributed by atoms with Crippen LogP contribution in [0, 0.1) is 6.92 Å².